The van der Waals surface area contributed by atoms with Gasteiger partial charge in [-0.1, -0.05) is 19.8 Å². The van der Waals surface area contributed by atoms with Crippen LogP contribution in [0.4, 0.5) is 5.69 Å². The van der Waals surface area contributed by atoms with Gasteiger partial charge >= 0.3 is 0 Å². The molecule has 3 atom stereocenters. The van der Waals surface area contributed by atoms with Crippen molar-refractivity contribution in [3.63, 3.8) is 0 Å². The van der Waals surface area contributed by atoms with E-state index in [-0.39, 0.29) is 48.2 Å². The van der Waals surface area contributed by atoms with Crippen LogP contribution in [0.25, 0.3) is 0 Å². The van der Waals surface area contributed by atoms with Gasteiger partial charge < -0.3 is 19.3 Å². The molecule has 1 heterocycles. The second-order valence-corrected chi connectivity index (χ2v) is 11.4. The highest BCUT2D eigenvalue weighted by Crippen LogP contribution is 2.30. The Labute approximate surface area is 202 Å². The molecule has 1 aromatic carbocycles. The van der Waals surface area contributed by atoms with Crippen LogP contribution in [0.5, 0.6) is 5.75 Å². The number of nitrogens with zero attached hydrogens (tertiary/aromatic N) is 2. The molecule has 190 valence electrons. The maximum Gasteiger partial charge on any atom is 0.257 e. The monoisotopic (exact) mass is 495 g/mol. The Bertz CT molecular complexity index is 992. The summed E-state index contributed by atoms with van der Waals surface area (Å²) in [7, 11) is -0.175. The Morgan fingerprint density at radius 3 is 2.47 bits per heavy atom. The maximum absolute atomic E-state index is 13.4. The van der Waals surface area contributed by atoms with E-state index < -0.39 is 10.0 Å². The van der Waals surface area contributed by atoms with Crippen LogP contribution in [0, 0.1) is 11.8 Å². The van der Waals surface area contributed by atoms with E-state index in [1.165, 1.54) is 12.1 Å². The molecule has 0 unspecified atom stereocenters. The highest BCUT2D eigenvalue weighted by atomic mass is 32.2. The van der Waals surface area contributed by atoms with Gasteiger partial charge in [0.15, 0.2) is 0 Å². The number of hydrogen-bond donors (Lipinski definition) is 1. The van der Waals surface area contributed by atoms with Crippen molar-refractivity contribution in [1.82, 2.24) is 9.80 Å². The number of carbonyl (C=O) groups is 2. The largest absolute Gasteiger partial charge is 0.491 e. The number of rotatable bonds is 4. The predicted molar refractivity (Wildman–Crippen MR) is 130 cm³/mol. The molecule has 0 saturated heterocycles. The zero-order valence-electron chi connectivity index (χ0n) is 20.7. The van der Waals surface area contributed by atoms with Crippen molar-refractivity contribution >= 4 is 27.5 Å². The lowest BCUT2D eigenvalue weighted by Crippen LogP contribution is -2.50. The van der Waals surface area contributed by atoms with E-state index in [1.807, 2.05) is 18.7 Å². The number of amides is 2. The summed E-state index contributed by atoms with van der Waals surface area (Å²) in [6.45, 7) is 5.01. The topological polar surface area (TPSA) is 105 Å². The van der Waals surface area contributed by atoms with E-state index >= 15 is 0 Å². The van der Waals surface area contributed by atoms with Gasteiger partial charge in [-0.3, -0.25) is 14.3 Å². The third-order valence-electron chi connectivity index (χ3n) is 6.74. The van der Waals surface area contributed by atoms with Crippen LogP contribution in [0.3, 0.4) is 0 Å². The summed E-state index contributed by atoms with van der Waals surface area (Å²) in [5, 5.41) is 0. The molecule has 9 nitrogen and oxygen atoms in total. The van der Waals surface area contributed by atoms with Gasteiger partial charge in [0, 0.05) is 45.1 Å². The number of methoxy groups -OCH3 is 1. The van der Waals surface area contributed by atoms with Crippen molar-refractivity contribution in [3.8, 4) is 5.75 Å². The fourth-order valence-electron chi connectivity index (χ4n) is 4.76. The molecule has 1 N–H and O–H groups in total. The minimum Gasteiger partial charge on any atom is -0.491 e. The number of fused-ring (bicyclic) bond motifs is 1. The molecule has 1 fully saturated rings. The quantitative estimate of drug-likeness (QED) is 0.688. The van der Waals surface area contributed by atoms with Gasteiger partial charge in [-0.15, -0.1) is 0 Å². The van der Waals surface area contributed by atoms with Crippen LogP contribution in [0.1, 0.15) is 49.9 Å². The van der Waals surface area contributed by atoms with Gasteiger partial charge in [-0.05, 0) is 31.9 Å². The van der Waals surface area contributed by atoms with Gasteiger partial charge in [-0.25, -0.2) is 8.42 Å². The normalized spacial score (nSPS) is 25.2. The van der Waals surface area contributed by atoms with Gasteiger partial charge in [0.05, 0.1) is 29.7 Å². The van der Waals surface area contributed by atoms with E-state index in [9.17, 15) is 18.0 Å². The first-order chi connectivity index (χ1) is 16.0. The van der Waals surface area contributed by atoms with Crippen molar-refractivity contribution in [3.05, 3.63) is 23.8 Å². The number of benzene rings is 1. The third kappa shape index (κ3) is 6.41. The number of carbonyl (C=O) groups excluding carboxylic acids is 2. The van der Waals surface area contributed by atoms with Crippen LogP contribution < -0.4 is 9.46 Å². The summed E-state index contributed by atoms with van der Waals surface area (Å²) in [4.78, 5) is 30.1. The molecule has 3 rings (SSSR count). The zero-order valence-corrected chi connectivity index (χ0v) is 21.6. The van der Waals surface area contributed by atoms with Crippen molar-refractivity contribution in [2.24, 2.45) is 11.8 Å². The van der Waals surface area contributed by atoms with Gasteiger partial charge in [0.25, 0.3) is 5.91 Å². The standard InChI is InChI=1S/C24H37N3O6S/c1-16-13-27(23(28)18-8-6-7-9-18)17(2)15-33-21-12-19(25-34(5,30)31)10-11-20(21)24(29)26(3)14-22(16)32-4/h10-12,16-18,22,25H,6-9,13-15H2,1-5H3/t16-,17-,22+/m0/s1. The Morgan fingerprint density at radius 2 is 1.85 bits per heavy atom. The fourth-order valence-corrected chi connectivity index (χ4v) is 5.32. The zero-order chi connectivity index (χ0) is 25.0. The Kier molecular flexibility index (Phi) is 8.46. The Morgan fingerprint density at radius 1 is 1.18 bits per heavy atom. The van der Waals surface area contributed by atoms with E-state index in [2.05, 4.69) is 4.72 Å². The molecular formula is C24H37N3O6S. The molecular weight excluding hydrogens is 458 g/mol. The van der Waals surface area contributed by atoms with E-state index in [0.717, 1.165) is 31.9 Å². The molecule has 1 aliphatic carbocycles. The number of hydrogen-bond acceptors (Lipinski definition) is 6. The number of ether oxygens (including phenoxy) is 2. The summed E-state index contributed by atoms with van der Waals surface area (Å²) in [6, 6.07) is 4.38. The average Bonchev–Trinajstić information content (AvgIpc) is 3.31. The summed E-state index contributed by atoms with van der Waals surface area (Å²) in [5.74, 6) is 0.207. The van der Waals surface area contributed by atoms with Crippen LogP contribution >= 0.6 is 0 Å². The first-order valence-corrected chi connectivity index (χ1v) is 13.7. The number of nitrogens with one attached hydrogen (secondary N) is 1. The number of sulfonamides is 1. The van der Waals surface area contributed by atoms with Crippen LogP contribution in [-0.2, 0) is 19.6 Å². The number of anilines is 1. The van der Waals surface area contributed by atoms with Crippen LogP contribution in [0.2, 0.25) is 0 Å². The van der Waals surface area contributed by atoms with Crippen molar-refractivity contribution in [2.45, 2.75) is 51.7 Å². The summed E-state index contributed by atoms with van der Waals surface area (Å²) < 4.78 is 37.6. The predicted octanol–water partition coefficient (Wildman–Crippen LogP) is 2.58. The summed E-state index contributed by atoms with van der Waals surface area (Å²) in [6.07, 6.45) is 4.77. The second kappa shape index (κ2) is 10.9. The van der Waals surface area contributed by atoms with Gasteiger partial charge in [-0.2, -0.15) is 0 Å². The van der Waals surface area contributed by atoms with Crippen molar-refractivity contribution < 1.29 is 27.5 Å². The highest BCUT2D eigenvalue weighted by molar-refractivity contribution is 7.92. The van der Waals surface area contributed by atoms with Crippen LogP contribution in [-0.4, -0.2) is 82.3 Å². The lowest BCUT2D eigenvalue weighted by Gasteiger charge is -2.37. The molecule has 2 amide bonds. The molecule has 1 aromatic rings. The highest BCUT2D eigenvalue weighted by Gasteiger charge is 2.34. The van der Waals surface area contributed by atoms with E-state index in [0.29, 0.717) is 24.3 Å². The average molecular weight is 496 g/mol. The first-order valence-electron chi connectivity index (χ1n) is 11.8. The molecule has 1 aliphatic heterocycles. The Hall–Kier alpha value is -2.33. The molecule has 0 aromatic heterocycles. The Balaban J connectivity index is 1.97. The molecule has 0 bridgehead atoms. The summed E-state index contributed by atoms with van der Waals surface area (Å²) in [5.41, 5.74) is 0.629. The van der Waals surface area contributed by atoms with Gasteiger partial charge in [0.1, 0.15) is 12.4 Å². The molecule has 34 heavy (non-hydrogen) atoms. The number of likely N-dealkylation sites (N-methyl/N-ethyl adjacent to an activating group) is 1. The molecule has 10 heteroatoms. The van der Waals surface area contributed by atoms with E-state index in [4.69, 9.17) is 9.47 Å². The third-order valence-corrected chi connectivity index (χ3v) is 7.34. The SMILES string of the molecule is CO[C@@H]1CN(C)C(=O)c2ccc(NS(C)(=O)=O)cc2OC[C@H](C)N(C(=O)C2CCCC2)C[C@@H]1C. The molecule has 2 aliphatic rings. The minimum atomic E-state index is -3.50. The summed E-state index contributed by atoms with van der Waals surface area (Å²) >= 11 is 0. The minimum absolute atomic E-state index is 0.00767. The molecule has 0 spiro atoms. The lowest BCUT2D eigenvalue weighted by atomic mass is 9.99. The van der Waals surface area contributed by atoms with Gasteiger partial charge in [0.2, 0.25) is 15.9 Å². The van der Waals surface area contributed by atoms with Crippen LogP contribution in [0.15, 0.2) is 18.2 Å². The maximum atomic E-state index is 13.4. The molecule has 1 saturated carbocycles. The molecule has 0 radical (unpaired) electrons. The first kappa shape index (κ1) is 26.3. The van der Waals surface area contributed by atoms with Crippen molar-refractivity contribution in [1.29, 1.82) is 0 Å². The fraction of sp³-hybridized carbons (Fsp3) is 0.667. The lowest BCUT2D eigenvalue weighted by molar-refractivity contribution is -0.139. The smallest absolute Gasteiger partial charge is 0.257 e. The van der Waals surface area contributed by atoms with Crippen molar-refractivity contribution in [2.75, 3.05) is 44.8 Å². The second-order valence-electron chi connectivity index (χ2n) is 9.65. The van der Waals surface area contributed by atoms with E-state index in [1.54, 1.807) is 25.1 Å².